The number of carboxylic acid groups (broad SMARTS) is 1. The van der Waals surface area contributed by atoms with Gasteiger partial charge < -0.3 is 14.0 Å². The topological polar surface area (TPSA) is 89.4 Å². The highest BCUT2D eigenvalue weighted by atomic mass is 32.2. The number of carbonyl (C=O) groups is 1. The molecule has 0 bridgehead atoms. The van der Waals surface area contributed by atoms with Crippen molar-refractivity contribution < 1.29 is 18.8 Å². The van der Waals surface area contributed by atoms with E-state index in [1.165, 1.54) is 17.8 Å². The molecule has 1 N–H and O–H groups in total. The molecule has 0 spiro atoms. The molecule has 0 saturated heterocycles. The average molecular weight is 282 g/mol. The Morgan fingerprint density at radius 3 is 2.68 bits per heavy atom. The smallest absolute Gasteiger partial charge is 0.371 e. The summed E-state index contributed by atoms with van der Waals surface area (Å²) in [6.07, 6.45) is 0. The van der Waals surface area contributed by atoms with Crippen LogP contribution in [0.25, 0.3) is 0 Å². The molecule has 7 heteroatoms. The molecule has 0 atom stereocenters. The molecule has 0 aliphatic carbocycles. The standard InChI is InChI=1S/C12H14N2O4S/c1-12(2,3)11-13-8(18-14-11)6-19-9-5-4-7(17-9)10(15)16/h4-5H,6H2,1-3H3,(H,15,16). The maximum Gasteiger partial charge on any atom is 0.371 e. The van der Waals surface area contributed by atoms with Crippen LogP contribution in [0.2, 0.25) is 0 Å². The van der Waals surface area contributed by atoms with Crippen LogP contribution in [0.15, 0.2) is 26.2 Å². The third kappa shape index (κ3) is 3.37. The number of hydrogen-bond acceptors (Lipinski definition) is 6. The number of carboxylic acids is 1. The van der Waals surface area contributed by atoms with E-state index in [1.807, 2.05) is 20.8 Å². The van der Waals surface area contributed by atoms with Crippen LogP contribution in [0.5, 0.6) is 0 Å². The number of aromatic nitrogens is 2. The first-order chi connectivity index (χ1) is 8.86. The van der Waals surface area contributed by atoms with Gasteiger partial charge in [0.25, 0.3) is 0 Å². The Morgan fingerprint density at radius 2 is 2.16 bits per heavy atom. The van der Waals surface area contributed by atoms with E-state index in [9.17, 15) is 4.79 Å². The predicted octanol–water partition coefficient (Wildman–Crippen LogP) is 2.95. The van der Waals surface area contributed by atoms with Crippen LogP contribution in [0.3, 0.4) is 0 Å². The van der Waals surface area contributed by atoms with E-state index in [4.69, 9.17) is 14.0 Å². The van der Waals surface area contributed by atoms with Crippen molar-refractivity contribution in [2.75, 3.05) is 0 Å². The first-order valence-corrected chi connectivity index (χ1v) is 6.64. The normalized spacial score (nSPS) is 11.7. The second kappa shape index (κ2) is 5.08. The van der Waals surface area contributed by atoms with Crippen molar-refractivity contribution in [3.63, 3.8) is 0 Å². The summed E-state index contributed by atoms with van der Waals surface area (Å²) in [6.45, 7) is 6.00. The third-order valence-corrected chi connectivity index (χ3v) is 3.16. The molecule has 0 aliphatic rings. The van der Waals surface area contributed by atoms with Gasteiger partial charge in [0.05, 0.1) is 5.75 Å². The van der Waals surface area contributed by atoms with Crippen LogP contribution in [0, 0.1) is 0 Å². The van der Waals surface area contributed by atoms with Gasteiger partial charge in [-0.25, -0.2) is 4.79 Å². The summed E-state index contributed by atoms with van der Waals surface area (Å²) in [7, 11) is 0. The Hall–Kier alpha value is -1.76. The largest absolute Gasteiger partial charge is 0.475 e. The van der Waals surface area contributed by atoms with Gasteiger partial charge in [-0.15, -0.1) is 0 Å². The zero-order chi connectivity index (χ0) is 14.0. The molecule has 0 saturated carbocycles. The van der Waals surface area contributed by atoms with Crippen LogP contribution in [0.4, 0.5) is 0 Å². The molecular formula is C12H14N2O4S. The fraction of sp³-hybridized carbons (Fsp3) is 0.417. The Kier molecular flexibility index (Phi) is 3.66. The van der Waals surface area contributed by atoms with Crippen molar-refractivity contribution in [2.24, 2.45) is 0 Å². The summed E-state index contributed by atoms with van der Waals surface area (Å²) in [6, 6.07) is 3.02. The summed E-state index contributed by atoms with van der Waals surface area (Å²) in [5.41, 5.74) is -0.159. The number of nitrogens with zero attached hydrogens (tertiary/aromatic N) is 2. The van der Waals surface area contributed by atoms with Crippen molar-refractivity contribution in [1.29, 1.82) is 0 Å². The zero-order valence-corrected chi connectivity index (χ0v) is 11.7. The van der Waals surface area contributed by atoms with Gasteiger partial charge in [-0.2, -0.15) is 4.98 Å². The Balaban J connectivity index is 1.98. The van der Waals surface area contributed by atoms with Crippen LogP contribution < -0.4 is 0 Å². The average Bonchev–Trinajstić information content (AvgIpc) is 2.95. The summed E-state index contributed by atoms with van der Waals surface area (Å²) < 4.78 is 10.2. The number of aromatic carboxylic acids is 1. The van der Waals surface area contributed by atoms with Crippen LogP contribution in [-0.4, -0.2) is 21.2 Å². The summed E-state index contributed by atoms with van der Waals surface area (Å²) in [5.74, 6) is 0.412. The van der Waals surface area contributed by atoms with E-state index in [2.05, 4.69) is 10.1 Å². The Bertz CT molecular complexity index is 583. The van der Waals surface area contributed by atoms with Crippen molar-refractivity contribution in [2.45, 2.75) is 37.0 Å². The van der Waals surface area contributed by atoms with Gasteiger partial charge >= 0.3 is 5.97 Å². The highest BCUT2D eigenvalue weighted by Gasteiger charge is 2.21. The third-order valence-electron chi connectivity index (χ3n) is 2.27. The number of rotatable bonds is 4. The minimum atomic E-state index is -1.08. The Morgan fingerprint density at radius 1 is 1.42 bits per heavy atom. The molecule has 2 aromatic heterocycles. The van der Waals surface area contributed by atoms with Gasteiger partial charge in [-0.3, -0.25) is 0 Å². The lowest BCUT2D eigenvalue weighted by Gasteiger charge is -2.10. The van der Waals surface area contributed by atoms with E-state index in [0.717, 1.165) is 0 Å². The summed E-state index contributed by atoms with van der Waals surface area (Å²) in [5, 5.41) is 13.1. The Labute approximate surface area is 114 Å². The van der Waals surface area contributed by atoms with Crippen molar-refractivity contribution in [3.05, 3.63) is 29.6 Å². The molecular weight excluding hydrogens is 268 g/mol. The van der Waals surface area contributed by atoms with E-state index < -0.39 is 5.97 Å². The fourth-order valence-electron chi connectivity index (χ4n) is 1.26. The lowest BCUT2D eigenvalue weighted by atomic mass is 9.96. The highest BCUT2D eigenvalue weighted by molar-refractivity contribution is 7.98. The molecule has 102 valence electrons. The maximum atomic E-state index is 10.7. The summed E-state index contributed by atoms with van der Waals surface area (Å²) in [4.78, 5) is 14.9. The number of furan rings is 1. The molecule has 6 nitrogen and oxygen atoms in total. The minimum Gasteiger partial charge on any atom is -0.475 e. The van der Waals surface area contributed by atoms with Gasteiger partial charge in [0.15, 0.2) is 10.9 Å². The molecule has 0 aliphatic heterocycles. The molecule has 2 heterocycles. The molecule has 2 aromatic rings. The second-order valence-electron chi connectivity index (χ2n) is 4.97. The molecule has 0 radical (unpaired) electrons. The molecule has 0 amide bonds. The first kappa shape index (κ1) is 13.7. The van der Waals surface area contributed by atoms with Crippen molar-refractivity contribution >= 4 is 17.7 Å². The molecule has 2 rings (SSSR count). The molecule has 0 fully saturated rings. The van der Waals surface area contributed by atoms with Crippen molar-refractivity contribution in [1.82, 2.24) is 10.1 Å². The lowest BCUT2D eigenvalue weighted by Crippen LogP contribution is -2.13. The maximum absolute atomic E-state index is 10.7. The molecule has 0 unspecified atom stereocenters. The lowest BCUT2D eigenvalue weighted by molar-refractivity contribution is 0.0656. The van der Waals surface area contributed by atoms with Crippen molar-refractivity contribution in [3.8, 4) is 0 Å². The monoisotopic (exact) mass is 282 g/mol. The molecule has 0 aromatic carbocycles. The second-order valence-corrected chi connectivity index (χ2v) is 5.95. The van der Waals surface area contributed by atoms with E-state index in [1.54, 1.807) is 6.07 Å². The van der Waals surface area contributed by atoms with Crippen LogP contribution >= 0.6 is 11.8 Å². The SMILES string of the molecule is CC(C)(C)c1noc(CSc2ccc(C(=O)O)o2)n1. The first-order valence-electron chi connectivity index (χ1n) is 5.65. The fourth-order valence-corrected chi connectivity index (χ4v) is 1.96. The predicted molar refractivity (Wildman–Crippen MR) is 68.2 cm³/mol. The van der Waals surface area contributed by atoms with Gasteiger partial charge in [0.2, 0.25) is 11.7 Å². The number of hydrogen-bond donors (Lipinski definition) is 1. The summed E-state index contributed by atoms with van der Waals surface area (Å²) >= 11 is 1.31. The van der Waals surface area contributed by atoms with Gasteiger partial charge in [0.1, 0.15) is 0 Å². The van der Waals surface area contributed by atoms with Gasteiger partial charge in [-0.1, -0.05) is 37.7 Å². The highest BCUT2D eigenvalue weighted by Crippen LogP contribution is 2.25. The van der Waals surface area contributed by atoms with Gasteiger partial charge in [0, 0.05) is 5.41 Å². The van der Waals surface area contributed by atoms with Gasteiger partial charge in [-0.05, 0) is 12.1 Å². The molecule has 19 heavy (non-hydrogen) atoms. The van der Waals surface area contributed by atoms with Crippen LogP contribution in [0.1, 0.15) is 43.0 Å². The van der Waals surface area contributed by atoms with E-state index in [-0.39, 0.29) is 11.2 Å². The van der Waals surface area contributed by atoms with Crippen LogP contribution in [-0.2, 0) is 11.2 Å². The minimum absolute atomic E-state index is 0.0802. The quantitative estimate of drug-likeness (QED) is 0.862. The van der Waals surface area contributed by atoms with E-state index >= 15 is 0 Å². The van der Waals surface area contributed by atoms with E-state index in [0.29, 0.717) is 22.6 Å². The zero-order valence-electron chi connectivity index (χ0n) is 10.8. The number of thioether (sulfide) groups is 1.